The van der Waals surface area contributed by atoms with Gasteiger partial charge in [-0.15, -0.1) is 0 Å². The predicted molar refractivity (Wildman–Crippen MR) is 137 cm³/mol. The summed E-state index contributed by atoms with van der Waals surface area (Å²) < 4.78 is 6.80. The fourth-order valence-corrected chi connectivity index (χ4v) is 5.54. The lowest BCUT2D eigenvalue weighted by Gasteiger charge is -2.34. The maximum absolute atomic E-state index is 13.8. The number of methoxy groups -OCH3 is 1. The first-order chi connectivity index (χ1) is 16.9. The van der Waals surface area contributed by atoms with Gasteiger partial charge in [-0.25, -0.2) is 4.79 Å². The van der Waals surface area contributed by atoms with Crippen molar-refractivity contribution in [3.05, 3.63) is 70.5 Å². The number of rotatable bonds is 7. The van der Waals surface area contributed by atoms with Crippen molar-refractivity contribution in [1.82, 2.24) is 9.47 Å². The second-order valence-electron chi connectivity index (χ2n) is 9.38. The zero-order valence-corrected chi connectivity index (χ0v) is 21.1. The van der Waals surface area contributed by atoms with Gasteiger partial charge in [-0.1, -0.05) is 49.6 Å². The van der Waals surface area contributed by atoms with Gasteiger partial charge in [0, 0.05) is 29.4 Å². The highest BCUT2D eigenvalue weighted by atomic mass is 16.5. The largest absolute Gasteiger partial charge is 0.464 e. The van der Waals surface area contributed by atoms with Crippen LogP contribution >= 0.6 is 0 Å². The zero-order valence-electron chi connectivity index (χ0n) is 21.1. The smallest absolute Gasteiger partial charge is 0.354 e. The molecule has 2 aromatic carbocycles. The van der Waals surface area contributed by atoms with E-state index >= 15 is 0 Å². The molecule has 1 saturated carbocycles. The van der Waals surface area contributed by atoms with E-state index in [4.69, 9.17) is 4.74 Å². The topological polar surface area (TPSA) is 68.6 Å². The molecule has 1 aliphatic rings. The second kappa shape index (κ2) is 10.5. The van der Waals surface area contributed by atoms with Crippen LogP contribution in [0, 0.1) is 13.8 Å². The van der Waals surface area contributed by atoms with E-state index in [9.17, 15) is 14.4 Å². The van der Waals surface area contributed by atoms with Crippen LogP contribution in [0.4, 0.5) is 0 Å². The number of benzene rings is 2. The average molecular weight is 475 g/mol. The minimum Gasteiger partial charge on any atom is -0.464 e. The van der Waals surface area contributed by atoms with E-state index in [0.29, 0.717) is 28.9 Å². The van der Waals surface area contributed by atoms with Crippen LogP contribution < -0.4 is 0 Å². The molecule has 35 heavy (non-hydrogen) atoms. The van der Waals surface area contributed by atoms with Crippen molar-refractivity contribution < 1.29 is 19.1 Å². The highest BCUT2D eigenvalue weighted by Crippen LogP contribution is 2.28. The highest BCUT2D eigenvalue weighted by molar-refractivity contribution is 6.06. The van der Waals surface area contributed by atoms with E-state index in [0.717, 1.165) is 48.6 Å². The Morgan fingerprint density at radius 2 is 1.69 bits per heavy atom. The average Bonchev–Trinajstić information content (AvgIpc) is 3.15. The number of fused-ring (bicyclic) bond motifs is 1. The molecule has 1 aromatic heterocycles. The van der Waals surface area contributed by atoms with Crippen molar-refractivity contribution in [2.45, 2.75) is 65.5 Å². The number of hydrogen-bond donors (Lipinski definition) is 0. The Balaban J connectivity index is 1.70. The van der Waals surface area contributed by atoms with Crippen LogP contribution in [0.5, 0.6) is 0 Å². The molecule has 1 fully saturated rings. The van der Waals surface area contributed by atoms with Gasteiger partial charge in [0.25, 0.3) is 5.91 Å². The van der Waals surface area contributed by atoms with E-state index < -0.39 is 5.97 Å². The Kier molecular flexibility index (Phi) is 7.39. The lowest BCUT2D eigenvalue weighted by atomic mass is 9.92. The number of esters is 1. The molecule has 6 nitrogen and oxygen atoms in total. The standard InChI is InChI=1S/C29H34N2O4/c1-5-30-20(3)26(19(2)27(30)29(34)35-4)25(32)18-31(24-13-7-6-8-14-24)28(33)23-16-15-21-11-9-10-12-22(21)17-23/h9-12,15-17,24H,5-8,13-14,18H2,1-4H3. The van der Waals surface area contributed by atoms with Crippen molar-refractivity contribution in [3.63, 3.8) is 0 Å². The van der Waals surface area contributed by atoms with Crippen LogP contribution in [-0.4, -0.2) is 46.8 Å². The maximum atomic E-state index is 13.8. The van der Waals surface area contributed by atoms with Gasteiger partial charge in [-0.3, -0.25) is 9.59 Å². The Morgan fingerprint density at radius 3 is 2.34 bits per heavy atom. The molecule has 1 amide bonds. The fourth-order valence-electron chi connectivity index (χ4n) is 5.54. The summed E-state index contributed by atoms with van der Waals surface area (Å²) in [5.74, 6) is -0.714. The van der Waals surface area contributed by atoms with E-state index in [1.54, 1.807) is 11.8 Å². The van der Waals surface area contributed by atoms with Crippen LogP contribution in [0.2, 0.25) is 0 Å². The number of carbonyl (C=O) groups excluding carboxylic acids is 3. The second-order valence-corrected chi connectivity index (χ2v) is 9.38. The normalized spacial score (nSPS) is 14.2. The highest BCUT2D eigenvalue weighted by Gasteiger charge is 2.32. The van der Waals surface area contributed by atoms with Crippen molar-refractivity contribution in [1.29, 1.82) is 0 Å². The molecule has 0 spiro atoms. The molecule has 0 saturated heterocycles. The van der Waals surface area contributed by atoms with Crippen LogP contribution in [0.3, 0.4) is 0 Å². The number of nitrogens with zero attached hydrogens (tertiary/aromatic N) is 2. The first-order valence-corrected chi connectivity index (χ1v) is 12.5. The van der Waals surface area contributed by atoms with Gasteiger partial charge in [0.05, 0.1) is 13.7 Å². The van der Waals surface area contributed by atoms with E-state index in [2.05, 4.69) is 0 Å². The van der Waals surface area contributed by atoms with Crippen LogP contribution in [0.25, 0.3) is 10.8 Å². The van der Waals surface area contributed by atoms with Gasteiger partial charge >= 0.3 is 5.97 Å². The van der Waals surface area contributed by atoms with Gasteiger partial charge in [0.15, 0.2) is 5.78 Å². The molecule has 184 valence electrons. The van der Waals surface area contributed by atoms with Gasteiger partial charge in [-0.05, 0) is 62.1 Å². The van der Waals surface area contributed by atoms with Crippen molar-refractivity contribution >= 4 is 28.4 Å². The minimum absolute atomic E-state index is 0.00759. The molecule has 0 atom stereocenters. The number of aromatic nitrogens is 1. The van der Waals surface area contributed by atoms with Crippen LogP contribution in [0.15, 0.2) is 42.5 Å². The number of amides is 1. The summed E-state index contributed by atoms with van der Waals surface area (Å²) in [6.45, 7) is 6.12. The summed E-state index contributed by atoms with van der Waals surface area (Å²) in [5, 5.41) is 2.08. The first-order valence-electron chi connectivity index (χ1n) is 12.5. The quantitative estimate of drug-likeness (QED) is 0.324. The molecule has 1 aliphatic carbocycles. The third kappa shape index (κ3) is 4.75. The van der Waals surface area contributed by atoms with Gasteiger partial charge < -0.3 is 14.2 Å². The van der Waals surface area contributed by atoms with Gasteiger partial charge in [-0.2, -0.15) is 0 Å². The van der Waals surface area contributed by atoms with Crippen molar-refractivity contribution in [2.75, 3.05) is 13.7 Å². The van der Waals surface area contributed by atoms with E-state index in [1.165, 1.54) is 7.11 Å². The molecule has 0 N–H and O–H groups in total. The molecule has 0 bridgehead atoms. The van der Waals surface area contributed by atoms with Crippen LogP contribution in [0.1, 0.15) is 81.5 Å². The SMILES string of the molecule is CCn1c(C)c(C(=O)CN(C(=O)c2ccc3ccccc3c2)C2CCCCC2)c(C)c1C(=O)OC. The summed E-state index contributed by atoms with van der Waals surface area (Å²) >= 11 is 0. The molecule has 0 unspecified atom stereocenters. The summed E-state index contributed by atoms with van der Waals surface area (Å²) in [5.41, 5.74) is 2.86. The summed E-state index contributed by atoms with van der Waals surface area (Å²) in [4.78, 5) is 41.7. The van der Waals surface area contributed by atoms with E-state index in [-0.39, 0.29) is 24.3 Å². The molecule has 0 radical (unpaired) electrons. The molecule has 6 heteroatoms. The molecule has 1 heterocycles. The number of ether oxygens (including phenoxy) is 1. The molecule has 4 rings (SSSR count). The lowest BCUT2D eigenvalue weighted by molar-refractivity contribution is 0.0584. The monoisotopic (exact) mass is 474 g/mol. The third-order valence-electron chi connectivity index (χ3n) is 7.33. The third-order valence-corrected chi connectivity index (χ3v) is 7.33. The van der Waals surface area contributed by atoms with E-state index in [1.807, 2.05) is 60.9 Å². The predicted octanol–water partition coefficient (Wildman–Crippen LogP) is 5.72. The summed E-state index contributed by atoms with van der Waals surface area (Å²) in [6.07, 6.45) is 5.05. The summed E-state index contributed by atoms with van der Waals surface area (Å²) in [7, 11) is 1.35. The first kappa shape index (κ1) is 24.7. The maximum Gasteiger partial charge on any atom is 0.354 e. The van der Waals surface area contributed by atoms with Gasteiger partial charge in [0.2, 0.25) is 0 Å². The minimum atomic E-state index is -0.456. The molecule has 3 aromatic rings. The Hall–Kier alpha value is -3.41. The molecular formula is C29H34N2O4. The van der Waals surface area contributed by atoms with Crippen LogP contribution in [-0.2, 0) is 11.3 Å². The number of hydrogen-bond acceptors (Lipinski definition) is 4. The zero-order chi connectivity index (χ0) is 25.1. The molecular weight excluding hydrogens is 440 g/mol. The lowest BCUT2D eigenvalue weighted by Crippen LogP contribution is -2.44. The number of carbonyl (C=O) groups is 3. The Labute approximate surface area is 206 Å². The Morgan fingerprint density at radius 1 is 1.00 bits per heavy atom. The Bertz CT molecular complexity index is 1270. The number of Topliss-reactive ketones (excluding diaryl/α,β-unsaturated/α-hetero) is 1. The summed E-state index contributed by atoms with van der Waals surface area (Å²) in [6, 6.07) is 13.7. The van der Waals surface area contributed by atoms with Crippen molar-refractivity contribution in [3.8, 4) is 0 Å². The van der Waals surface area contributed by atoms with Gasteiger partial charge in [0.1, 0.15) is 5.69 Å². The number of ketones is 1. The van der Waals surface area contributed by atoms with Crippen molar-refractivity contribution in [2.24, 2.45) is 0 Å². The fraction of sp³-hybridized carbons (Fsp3) is 0.414. The molecule has 0 aliphatic heterocycles.